The first-order chi connectivity index (χ1) is 11.3. The van der Waals surface area contributed by atoms with Crippen LogP contribution in [0.2, 0.25) is 0 Å². The molecule has 0 amide bonds. The number of carbonyl (C=O) groups is 1. The minimum atomic E-state index is -0.987. The van der Waals surface area contributed by atoms with Gasteiger partial charge < -0.3 is 10.2 Å². The molecule has 4 saturated carbocycles. The summed E-state index contributed by atoms with van der Waals surface area (Å²) in [5, 5.41) is 20.5. The number of carboxylic acid groups (broad SMARTS) is 1. The van der Waals surface area contributed by atoms with Gasteiger partial charge in [0, 0.05) is 0 Å². The molecule has 7 atom stereocenters. The lowest BCUT2D eigenvalue weighted by molar-refractivity contribution is -0.166. The van der Waals surface area contributed by atoms with Gasteiger partial charge in [0.05, 0.1) is 12.0 Å². The van der Waals surface area contributed by atoms with Crippen LogP contribution in [0.1, 0.15) is 84.5 Å². The van der Waals surface area contributed by atoms with E-state index in [9.17, 15) is 15.0 Å². The Morgan fingerprint density at radius 3 is 2.46 bits per heavy atom. The Morgan fingerprint density at radius 1 is 0.958 bits per heavy atom. The van der Waals surface area contributed by atoms with Gasteiger partial charge in [0.1, 0.15) is 0 Å². The average Bonchev–Trinajstić information content (AvgIpc) is 2.77. The Bertz CT molecular complexity index is 531. The van der Waals surface area contributed by atoms with Gasteiger partial charge in [-0.1, -0.05) is 26.7 Å². The zero-order valence-corrected chi connectivity index (χ0v) is 15.4. The average molecular weight is 335 g/mol. The van der Waals surface area contributed by atoms with Gasteiger partial charge in [-0.15, -0.1) is 0 Å². The van der Waals surface area contributed by atoms with Crippen molar-refractivity contribution in [1.29, 1.82) is 0 Å². The van der Waals surface area contributed by atoms with Crippen molar-refractivity contribution in [1.82, 2.24) is 0 Å². The fourth-order valence-electron chi connectivity index (χ4n) is 7.95. The summed E-state index contributed by atoms with van der Waals surface area (Å²) in [5.74, 6) is 2.12. The first kappa shape index (κ1) is 16.9. The van der Waals surface area contributed by atoms with Crippen molar-refractivity contribution >= 4 is 5.97 Å². The van der Waals surface area contributed by atoms with Crippen LogP contribution in [-0.4, -0.2) is 21.8 Å². The smallest absolute Gasteiger partial charge is 0.306 e. The van der Waals surface area contributed by atoms with Crippen LogP contribution in [0.5, 0.6) is 0 Å². The molecular weight excluding hydrogens is 300 g/mol. The van der Waals surface area contributed by atoms with Gasteiger partial charge in [-0.05, 0) is 85.9 Å². The van der Waals surface area contributed by atoms with Gasteiger partial charge in [-0.3, -0.25) is 4.79 Å². The lowest BCUT2D eigenvalue weighted by Crippen LogP contribution is -2.56. The molecule has 2 N–H and O–H groups in total. The number of fused-ring (bicyclic) bond motifs is 5. The van der Waals surface area contributed by atoms with Gasteiger partial charge in [0.2, 0.25) is 0 Å². The van der Waals surface area contributed by atoms with Crippen molar-refractivity contribution in [2.45, 2.75) is 90.1 Å². The predicted octanol–water partition coefficient (Wildman–Crippen LogP) is 4.63. The number of rotatable bonds is 2. The second kappa shape index (κ2) is 5.46. The Balaban J connectivity index is 1.63. The fraction of sp³-hybridized carbons (Fsp3) is 0.952. The molecule has 0 saturated heterocycles. The molecule has 0 radical (unpaired) electrons. The Morgan fingerprint density at radius 2 is 1.71 bits per heavy atom. The normalized spacial score (nSPS) is 53.8. The van der Waals surface area contributed by atoms with Crippen molar-refractivity contribution in [3.8, 4) is 0 Å². The van der Waals surface area contributed by atoms with E-state index in [4.69, 9.17) is 0 Å². The van der Waals surface area contributed by atoms with E-state index < -0.39 is 11.6 Å². The van der Waals surface area contributed by atoms with E-state index >= 15 is 0 Å². The standard InChI is InChI=1S/C21H34O3/c1-19-10-4-3-5-14(19)6-7-15-16(19)8-11-20(2)17(15)9-12-21(20,24)13-18(22)23/h14-17,24H,3-13H2,1-2H3,(H,22,23)/t14?,15-,16+,17+,19+,20+,21+/m1/s1. The third kappa shape index (κ3) is 2.15. The highest BCUT2D eigenvalue weighted by Gasteiger charge is 2.64. The summed E-state index contributed by atoms with van der Waals surface area (Å²) in [4.78, 5) is 11.3. The quantitative estimate of drug-likeness (QED) is 0.774. The predicted molar refractivity (Wildman–Crippen MR) is 93.5 cm³/mol. The van der Waals surface area contributed by atoms with Crippen LogP contribution < -0.4 is 0 Å². The topological polar surface area (TPSA) is 57.5 Å². The molecule has 3 heteroatoms. The van der Waals surface area contributed by atoms with Gasteiger partial charge in [-0.25, -0.2) is 0 Å². The Labute approximate surface area is 146 Å². The van der Waals surface area contributed by atoms with Crippen LogP contribution in [-0.2, 0) is 4.79 Å². The van der Waals surface area contributed by atoms with Gasteiger partial charge >= 0.3 is 5.97 Å². The van der Waals surface area contributed by atoms with Crippen molar-refractivity contribution in [3.05, 3.63) is 0 Å². The maximum atomic E-state index is 11.3. The van der Waals surface area contributed by atoms with E-state index in [-0.39, 0.29) is 11.8 Å². The summed E-state index contributed by atoms with van der Waals surface area (Å²) in [6, 6.07) is 0. The number of aliphatic hydroxyl groups is 1. The summed E-state index contributed by atoms with van der Waals surface area (Å²) < 4.78 is 0. The number of hydrogen-bond acceptors (Lipinski definition) is 2. The SMILES string of the molecule is C[C@]12CCCCC1CC[C@@H]1[C@@H]2CC[C@@]2(C)[C@H]1CC[C@]2(O)CC(=O)O. The van der Waals surface area contributed by atoms with E-state index in [0.29, 0.717) is 23.7 Å². The van der Waals surface area contributed by atoms with Crippen LogP contribution in [0, 0.1) is 34.5 Å². The molecule has 4 rings (SSSR count). The zero-order valence-electron chi connectivity index (χ0n) is 15.4. The highest BCUT2D eigenvalue weighted by molar-refractivity contribution is 5.68. The van der Waals surface area contributed by atoms with Crippen LogP contribution >= 0.6 is 0 Å². The van der Waals surface area contributed by atoms with E-state index in [0.717, 1.165) is 24.7 Å². The molecule has 0 aromatic rings. The van der Waals surface area contributed by atoms with Crippen molar-refractivity contribution in [2.24, 2.45) is 34.5 Å². The molecule has 0 spiro atoms. The Hall–Kier alpha value is -0.570. The highest BCUT2D eigenvalue weighted by atomic mass is 16.4. The lowest BCUT2D eigenvalue weighted by Gasteiger charge is -2.61. The molecule has 4 aliphatic rings. The minimum absolute atomic E-state index is 0.0721. The third-order valence-electron chi connectivity index (χ3n) is 9.35. The van der Waals surface area contributed by atoms with Crippen molar-refractivity contribution in [2.75, 3.05) is 0 Å². The summed E-state index contributed by atoms with van der Waals surface area (Å²) in [6.07, 6.45) is 12.2. The molecule has 0 aromatic carbocycles. The molecule has 4 aliphatic carbocycles. The largest absolute Gasteiger partial charge is 0.481 e. The molecular formula is C21H34O3. The maximum Gasteiger partial charge on any atom is 0.306 e. The molecule has 3 nitrogen and oxygen atoms in total. The van der Waals surface area contributed by atoms with Gasteiger partial charge in [0.25, 0.3) is 0 Å². The zero-order chi connectivity index (χ0) is 17.2. The van der Waals surface area contributed by atoms with Crippen LogP contribution in [0.3, 0.4) is 0 Å². The van der Waals surface area contributed by atoms with E-state index in [1.54, 1.807) is 0 Å². The number of aliphatic carboxylic acids is 1. The van der Waals surface area contributed by atoms with E-state index in [1.165, 1.54) is 44.9 Å². The monoisotopic (exact) mass is 334 g/mol. The minimum Gasteiger partial charge on any atom is -0.481 e. The third-order valence-corrected chi connectivity index (χ3v) is 9.35. The first-order valence-corrected chi connectivity index (χ1v) is 10.2. The van der Waals surface area contributed by atoms with Crippen molar-refractivity contribution < 1.29 is 15.0 Å². The van der Waals surface area contributed by atoms with Gasteiger partial charge in [0.15, 0.2) is 0 Å². The van der Waals surface area contributed by atoms with Gasteiger partial charge in [-0.2, -0.15) is 0 Å². The molecule has 24 heavy (non-hydrogen) atoms. The Kier molecular flexibility index (Phi) is 3.84. The fourth-order valence-corrected chi connectivity index (χ4v) is 7.95. The highest BCUT2D eigenvalue weighted by Crippen LogP contribution is 2.68. The summed E-state index contributed by atoms with van der Waals surface area (Å²) in [7, 11) is 0. The lowest BCUT2D eigenvalue weighted by atomic mass is 9.44. The molecule has 0 aromatic heterocycles. The summed E-state index contributed by atoms with van der Waals surface area (Å²) in [6.45, 7) is 4.77. The summed E-state index contributed by atoms with van der Waals surface area (Å²) in [5.41, 5.74) is -0.667. The second-order valence-electron chi connectivity index (χ2n) is 10.00. The molecule has 136 valence electrons. The molecule has 0 aliphatic heterocycles. The van der Waals surface area contributed by atoms with Crippen LogP contribution in [0.25, 0.3) is 0 Å². The molecule has 0 heterocycles. The second-order valence-corrected chi connectivity index (χ2v) is 10.00. The molecule has 0 bridgehead atoms. The molecule has 1 unspecified atom stereocenters. The maximum absolute atomic E-state index is 11.3. The van der Waals surface area contributed by atoms with Crippen LogP contribution in [0.4, 0.5) is 0 Å². The first-order valence-electron chi connectivity index (χ1n) is 10.2. The number of carboxylic acids is 1. The van der Waals surface area contributed by atoms with Crippen LogP contribution in [0.15, 0.2) is 0 Å². The summed E-state index contributed by atoms with van der Waals surface area (Å²) >= 11 is 0. The van der Waals surface area contributed by atoms with E-state index in [2.05, 4.69) is 13.8 Å². The molecule has 4 fully saturated rings. The number of hydrogen-bond donors (Lipinski definition) is 2. The van der Waals surface area contributed by atoms with Crippen molar-refractivity contribution in [3.63, 3.8) is 0 Å². The van der Waals surface area contributed by atoms with E-state index in [1.807, 2.05) is 0 Å².